The van der Waals surface area contributed by atoms with Gasteiger partial charge >= 0.3 is 0 Å². The van der Waals surface area contributed by atoms with Crippen LogP contribution in [0, 0.1) is 12.3 Å². The number of likely N-dealkylation sites (tertiary alicyclic amines) is 1. The molecule has 3 rings (SSSR count). The van der Waals surface area contributed by atoms with Gasteiger partial charge < -0.3 is 15.3 Å². The maximum absolute atomic E-state index is 13.0. The maximum Gasteiger partial charge on any atom is 0.231 e. The molecule has 132 valence electrons. The first-order valence-corrected chi connectivity index (χ1v) is 8.95. The quantitative estimate of drug-likeness (QED) is 0.890. The number of hydrogen-bond acceptors (Lipinski definition) is 3. The molecule has 2 N–H and O–H groups in total. The van der Waals surface area contributed by atoms with Gasteiger partial charge in [-0.2, -0.15) is 0 Å². The van der Waals surface area contributed by atoms with Gasteiger partial charge in [-0.3, -0.25) is 4.79 Å². The number of carbonyl (C=O) groups is 1. The lowest BCUT2D eigenvalue weighted by Gasteiger charge is -2.37. The lowest BCUT2D eigenvalue weighted by molar-refractivity contribution is -0.126. The van der Waals surface area contributed by atoms with Gasteiger partial charge in [0.1, 0.15) is 0 Å². The van der Waals surface area contributed by atoms with E-state index in [9.17, 15) is 9.90 Å². The van der Waals surface area contributed by atoms with Crippen LogP contribution in [0.3, 0.4) is 0 Å². The predicted octanol–water partition coefficient (Wildman–Crippen LogP) is 2.24. The fraction of sp³-hybridized carbons (Fsp3) is 0.650. The molecule has 0 spiro atoms. The zero-order valence-electron chi connectivity index (χ0n) is 15.4. The molecular weight excluding hydrogens is 300 g/mol. The van der Waals surface area contributed by atoms with Crippen molar-refractivity contribution >= 4 is 5.91 Å². The van der Waals surface area contributed by atoms with Crippen LogP contribution < -0.4 is 5.32 Å². The largest absolute Gasteiger partial charge is 0.388 e. The Bertz CT molecular complexity index is 615. The molecule has 1 aromatic rings. The second-order valence-electron chi connectivity index (χ2n) is 8.54. The molecule has 1 amide bonds. The molecule has 2 fully saturated rings. The monoisotopic (exact) mass is 330 g/mol. The molecular formula is C20H30N2O2. The Morgan fingerprint density at radius 1 is 1.21 bits per heavy atom. The molecule has 0 unspecified atom stereocenters. The summed E-state index contributed by atoms with van der Waals surface area (Å²) in [6.45, 7) is 8.46. The highest BCUT2D eigenvalue weighted by Crippen LogP contribution is 2.64. The smallest absolute Gasteiger partial charge is 0.231 e. The van der Waals surface area contributed by atoms with Crippen molar-refractivity contribution in [1.82, 2.24) is 10.2 Å². The highest BCUT2D eigenvalue weighted by Gasteiger charge is 2.67. The minimum absolute atomic E-state index is 0.0399. The van der Waals surface area contributed by atoms with E-state index in [1.165, 1.54) is 5.56 Å². The van der Waals surface area contributed by atoms with Crippen LogP contribution in [0.25, 0.3) is 0 Å². The molecule has 1 aromatic carbocycles. The second-order valence-corrected chi connectivity index (χ2v) is 8.54. The SMILES string of the molecule is Cc1ccc([C@@]2(C(=O)NCC3(O)CCN(C)CC3)CC2(C)C)cc1. The van der Waals surface area contributed by atoms with Crippen molar-refractivity contribution in [3.63, 3.8) is 0 Å². The van der Waals surface area contributed by atoms with E-state index >= 15 is 0 Å². The third kappa shape index (κ3) is 2.98. The van der Waals surface area contributed by atoms with Gasteiger partial charge in [0.15, 0.2) is 0 Å². The summed E-state index contributed by atoms with van der Waals surface area (Å²) < 4.78 is 0. The molecule has 0 aromatic heterocycles. The van der Waals surface area contributed by atoms with Crippen LogP contribution in [-0.2, 0) is 10.2 Å². The van der Waals surface area contributed by atoms with Crippen molar-refractivity contribution in [3.05, 3.63) is 35.4 Å². The first kappa shape index (κ1) is 17.4. The molecule has 0 radical (unpaired) electrons. The lowest BCUT2D eigenvalue weighted by atomic mass is 9.85. The molecule has 4 nitrogen and oxygen atoms in total. The number of rotatable bonds is 4. The van der Waals surface area contributed by atoms with E-state index in [1.807, 2.05) is 0 Å². The zero-order chi connectivity index (χ0) is 17.6. The van der Waals surface area contributed by atoms with E-state index in [-0.39, 0.29) is 11.3 Å². The van der Waals surface area contributed by atoms with E-state index in [2.05, 4.69) is 62.3 Å². The summed E-state index contributed by atoms with van der Waals surface area (Å²) >= 11 is 0. The summed E-state index contributed by atoms with van der Waals surface area (Å²) in [5, 5.41) is 13.8. The highest BCUT2D eigenvalue weighted by molar-refractivity contribution is 5.93. The molecule has 1 atom stereocenters. The van der Waals surface area contributed by atoms with Crippen LogP contribution in [0.15, 0.2) is 24.3 Å². The Kier molecular flexibility index (Phi) is 4.25. The van der Waals surface area contributed by atoms with Gasteiger partial charge in [0.05, 0.1) is 11.0 Å². The van der Waals surface area contributed by atoms with Gasteiger partial charge in [0.25, 0.3) is 0 Å². The Morgan fingerprint density at radius 2 is 1.75 bits per heavy atom. The van der Waals surface area contributed by atoms with Crippen LogP contribution in [0.2, 0.25) is 0 Å². The number of aryl methyl sites for hydroxylation is 1. The Labute approximate surface area is 145 Å². The zero-order valence-corrected chi connectivity index (χ0v) is 15.4. The number of nitrogens with zero attached hydrogens (tertiary/aromatic N) is 1. The normalized spacial score (nSPS) is 28.4. The minimum atomic E-state index is -0.768. The molecule has 0 bridgehead atoms. The molecule has 4 heteroatoms. The van der Waals surface area contributed by atoms with Crippen molar-refractivity contribution in [2.75, 3.05) is 26.7 Å². The van der Waals surface area contributed by atoms with Crippen LogP contribution in [0.5, 0.6) is 0 Å². The lowest BCUT2D eigenvalue weighted by Crippen LogP contribution is -2.51. The van der Waals surface area contributed by atoms with Crippen LogP contribution in [-0.4, -0.2) is 48.2 Å². The second kappa shape index (κ2) is 5.85. The van der Waals surface area contributed by atoms with Gasteiger partial charge in [0, 0.05) is 19.6 Å². The third-order valence-corrected chi connectivity index (χ3v) is 6.17. The van der Waals surface area contributed by atoms with Gasteiger partial charge in [-0.15, -0.1) is 0 Å². The summed E-state index contributed by atoms with van der Waals surface area (Å²) in [7, 11) is 2.07. The molecule has 1 aliphatic carbocycles. The first-order valence-electron chi connectivity index (χ1n) is 8.95. The summed E-state index contributed by atoms with van der Waals surface area (Å²) in [6, 6.07) is 8.30. The number of piperidine rings is 1. The fourth-order valence-corrected chi connectivity index (χ4v) is 4.08. The van der Waals surface area contributed by atoms with Crippen molar-refractivity contribution in [2.24, 2.45) is 5.41 Å². The Morgan fingerprint density at radius 3 is 2.25 bits per heavy atom. The summed E-state index contributed by atoms with van der Waals surface area (Å²) in [5.74, 6) is 0.0590. The predicted molar refractivity (Wildman–Crippen MR) is 95.9 cm³/mol. The van der Waals surface area contributed by atoms with E-state index in [0.717, 1.165) is 25.1 Å². The molecule has 1 saturated carbocycles. The number of carbonyl (C=O) groups excluding carboxylic acids is 1. The molecule has 2 aliphatic rings. The van der Waals surface area contributed by atoms with Crippen LogP contribution in [0.4, 0.5) is 0 Å². The summed E-state index contributed by atoms with van der Waals surface area (Å²) in [6.07, 6.45) is 2.28. The van der Waals surface area contributed by atoms with Crippen LogP contribution in [0.1, 0.15) is 44.2 Å². The standard InChI is InChI=1S/C20H30N2O2/c1-15-5-7-16(8-6-15)20(13-18(20,2)3)17(23)21-14-19(24)9-11-22(4)12-10-19/h5-8,24H,9-14H2,1-4H3,(H,21,23)/t20-/m1/s1. The molecule has 1 saturated heterocycles. The van der Waals surface area contributed by atoms with E-state index in [4.69, 9.17) is 0 Å². The van der Waals surface area contributed by atoms with E-state index in [1.54, 1.807) is 0 Å². The molecule has 1 aliphatic heterocycles. The van der Waals surface area contributed by atoms with Crippen molar-refractivity contribution in [3.8, 4) is 0 Å². The van der Waals surface area contributed by atoms with Crippen LogP contribution >= 0.6 is 0 Å². The van der Waals surface area contributed by atoms with Gasteiger partial charge in [-0.05, 0) is 44.2 Å². The third-order valence-electron chi connectivity index (χ3n) is 6.17. The number of benzene rings is 1. The van der Waals surface area contributed by atoms with Gasteiger partial charge in [-0.25, -0.2) is 0 Å². The average Bonchev–Trinajstić information content (AvgIpc) is 3.13. The topological polar surface area (TPSA) is 52.6 Å². The average molecular weight is 330 g/mol. The minimum Gasteiger partial charge on any atom is -0.388 e. The fourth-order valence-electron chi connectivity index (χ4n) is 4.08. The van der Waals surface area contributed by atoms with E-state index in [0.29, 0.717) is 19.4 Å². The number of hydrogen-bond donors (Lipinski definition) is 2. The molecule has 24 heavy (non-hydrogen) atoms. The maximum atomic E-state index is 13.0. The Balaban J connectivity index is 1.71. The number of aliphatic hydroxyl groups is 1. The molecule has 1 heterocycles. The van der Waals surface area contributed by atoms with E-state index < -0.39 is 11.0 Å². The van der Waals surface area contributed by atoms with Crippen molar-refractivity contribution < 1.29 is 9.90 Å². The van der Waals surface area contributed by atoms with Crippen molar-refractivity contribution in [2.45, 2.75) is 51.0 Å². The summed E-state index contributed by atoms with van der Waals surface area (Å²) in [4.78, 5) is 15.3. The summed E-state index contributed by atoms with van der Waals surface area (Å²) in [5.41, 5.74) is 1.03. The van der Waals surface area contributed by atoms with Gasteiger partial charge in [-0.1, -0.05) is 43.7 Å². The first-order chi connectivity index (χ1) is 11.2. The van der Waals surface area contributed by atoms with Gasteiger partial charge in [0.2, 0.25) is 5.91 Å². The highest BCUT2D eigenvalue weighted by atomic mass is 16.3. The Hall–Kier alpha value is -1.39. The van der Waals surface area contributed by atoms with Crippen molar-refractivity contribution in [1.29, 1.82) is 0 Å². The number of nitrogens with one attached hydrogen (secondary N) is 1. The number of amides is 1.